The molecule has 0 saturated heterocycles. The molecule has 1 amide bonds. The van der Waals surface area contributed by atoms with Gasteiger partial charge in [0.25, 0.3) is 5.69 Å². The van der Waals surface area contributed by atoms with Gasteiger partial charge in [-0.2, -0.15) is 4.73 Å². The van der Waals surface area contributed by atoms with E-state index < -0.39 is 5.91 Å². The maximum Gasteiger partial charge on any atom is 0.321 e. The van der Waals surface area contributed by atoms with E-state index in [1.165, 1.54) is 12.3 Å². The van der Waals surface area contributed by atoms with E-state index in [0.29, 0.717) is 10.4 Å². The summed E-state index contributed by atoms with van der Waals surface area (Å²) in [4.78, 5) is 16.9. The third kappa shape index (κ3) is 3.07. The van der Waals surface area contributed by atoms with Crippen LogP contribution in [0, 0.1) is 5.21 Å². The molecule has 0 unspecified atom stereocenters. The van der Waals surface area contributed by atoms with Gasteiger partial charge in [0.2, 0.25) is 0 Å². The van der Waals surface area contributed by atoms with Crippen LogP contribution in [0.3, 0.4) is 0 Å². The molecule has 0 aliphatic heterocycles. The van der Waals surface area contributed by atoms with Gasteiger partial charge >= 0.3 is 5.91 Å². The number of hydrogen-bond donors (Lipinski definition) is 1. The fraction of sp³-hybridized carbons (Fsp3) is 0. The van der Waals surface area contributed by atoms with Crippen molar-refractivity contribution in [3.8, 4) is 10.6 Å². The summed E-state index contributed by atoms with van der Waals surface area (Å²) in [6.45, 7) is 0. The smallest absolute Gasteiger partial charge is 0.321 e. The van der Waals surface area contributed by atoms with E-state index in [-0.39, 0.29) is 5.69 Å². The van der Waals surface area contributed by atoms with Gasteiger partial charge in [-0.1, -0.05) is 24.3 Å². The van der Waals surface area contributed by atoms with Crippen LogP contribution in [0.4, 0.5) is 5.69 Å². The van der Waals surface area contributed by atoms with Gasteiger partial charge in [-0.15, -0.1) is 11.3 Å². The van der Waals surface area contributed by atoms with Crippen LogP contribution in [0.2, 0.25) is 0 Å². The van der Waals surface area contributed by atoms with E-state index in [4.69, 9.17) is 0 Å². The molecule has 0 spiro atoms. The van der Waals surface area contributed by atoms with Gasteiger partial charge in [0.1, 0.15) is 5.01 Å². The van der Waals surface area contributed by atoms with Crippen LogP contribution in [-0.4, -0.2) is 10.9 Å². The van der Waals surface area contributed by atoms with E-state index >= 15 is 0 Å². The molecule has 2 aromatic carbocycles. The van der Waals surface area contributed by atoms with Crippen LogP contribution >= 0.6 is 11.3 Å². The Bertz CT molecular complexity index is 1040. The lowest BCUT2D eigenvalue weighted by Crippen LogP contribution is -2.36. The molecule has 4 rings (SSSR count). The van der Waals surface area contributed by atoms with Gasteiger partial charge in [0.15, 0.2) is 6.20 Å². The van der Waals surface area contributed by atoms with Crippen LogP contribution in [0.25, 0.3) is 20.8 Å². The number of nitrogens with one attached hydrogen (secondary N) is 1. The van der Waals surface area contributed by atoms with Crippen LogP contribution in [0.5, 0.6) is 0 Å². The zero-order chi connectivity index (χ0) is 17.2. The monoisotopic (exact) mass is 347 g/mol. The Kier molecular flexibility index (Phi) is 3.87. The summed E-state index contributed by atoms with van der Waals surface area (Å²) in [6.07, 6.45) is 1.30. The summed E-state index contributed by atoms with van der Waals surface area (Å²) in [6, 6.07) is 20.1. The number of carbonyl (C=O) groups excluding carboxylic acids is 1. The van der Waals surface area contributed by atoms with E-state index in [0.717, 1.165) is 20.8 Å². The van der Waals surface area contributed by atoms with Crippen LogP contribution < -0.4 is 10.0 Å². The molecule has 0 saturated carbocycles. The van der Waals surface area contributed by atoms with Crippen LogP contribution in [-0.2, 0) is 0 Å². The standard InChI is InChI=1S/C19H13N3O2S/c23-18(16-9-3-4-11-22(16)24)20-14-7-5-6-13(12-14)19-21-15-8-1-2-10-17(15)25-19/h1-12H,(H,20,23). The first-order valence-corrected chi connectivity index (χ1v) is 8.48. The van der Waals surface area contributed by atoms with Crippen molar-refractivity contribution in [3.05, 3.63) is 83.8 Å². The molecule has 122 valence electrons. The minimum atomic E-state index is -0.447. The molecule has 5 nitrogen and oxygen atoms in total. The fourth-order valence-electron chi connectivity index (χ4n) is 2.52. The quantitative estimate of drug-likeness (QED) is 0.452. The van der Waals surface area contributed by atoms with Crippen molar-refractivity contribution >= 4 is 33.1 Å². The Hall–Kier alpha value is -3.25. The summed E-state index contributed by atoms with van der Waals surface area (Å²) in [7, 11) is 0. The number of nitrogens with zero attached hydrogens (tertiary/aromatic N) is 2. The summed E-state index contributed by atoms with van der Waals surface area (Å²) in [5.41, 5.74) is 2.54. The maximum atomic E-state index is 12.3. The highest BCUT2D eigenvalue weighted by molar-refractivity contribution is 7.21. The van der Waals surface area contributed by atoms with Gasteiger partial charge in [-0.25, -0.2) is 4.98 Å². The van der Waals surface area contributed by atoms with Crippen molar-refractivity contribution < 1.29 is 9.52 Å². The average Bonchev–Trinajstić information content (AvgIpc) is 3.06. The van der Waals surface area contributed by atoms with E-state index in [1.807, 2.05) is 42.5 Å². The molecule has 0 radical (unpaired) electrons. The molecule has 2 heterocycles. The number of amides is 1. The minimum Gasteiger partial charge on any atom is -0.618 e. The lowest BCUT2D eigenvalue weighted by Gasteiger charge is -2.06. The zero-order valence-electron chi connectivity index (χ0n) is 13.0. The molecule has 25 heavy (non-hydrogen) atoms. The Morgan fingerprint density at radius 3 is 2.72 bits per heavy atom. The van der Waals surface area contributed by atoms with E-state index in [2.05, 4.69) is 10.3 Å². The van der Waals surface area contributed by atoms with Crippen molar-refractivity contribution in [2.24, 2.45) is 0 Å². The molecule has 2 aromatic heterocycles. The van der Waals surface area contributed by atoms with Gasteiger partial charge in [0.05, 0.1) is 10.2 Å². The molecular formula is C19H13N3O2S. The fourth-order valence-corrected chi connectivity index (χ4v) is 3.49. The topological polar surface area (TPSA) is 68.9 Å². The third-order valence-electron chi connectivity index (χ3n) is 3.72. The summed E-state index contributed by atoms with van der Waals surface area (Å²) < 4.78 is 1.66. The van der Waals surface area contributed by atoms with Crippen molar-refractivity contribution in [1.82, 2.24) is 4.98 Å². The molecular weight excluding hydrogens is 334 g/mol. The van der Waals surface area contributed by atoms with Crippen molar-refractivity contribution in [1.29, 1.82) is 0 Å². The predicted molar refractivity (Wildman–Crippen MR) is 98.4 cm³/mol. The summed E-state index contributed by atoms with van der Waals surface area (Å²) >= 11 is 1.60. The van der Waals surface area contributed by atoms with E-state index in [1.54, 1.807) is 29.5 Å². The predicted octanol–water partition coefficient (Wildman–Crippen LogP) is 3.85. The summed E-state index contributed by atoms with van der Waals surface area (Å²) in [5.74, 6) is -0.447. The van der Waals surface area contributed by atoms with Crippen LogP contribution in [0.1, 0.15) is 10.5 Å². The number of rotatable bonds is 3. The van der Waals surface area contributed by atoms with Gasteiger partial charge in [-0.05, 0) is 30.3 Å². The number of hydrogen-bond acceptors (Lipinski definition) is 4. The molecule has 1 N–H and O–H groups in total. The van der Waals surface area contributed by atoms with Crippen molar-refractivity contribution in [3.63, 3.8) is 0 Å². The SMILES string of the molecule is O=C(Nc1cccc(-c2nc3ccccc3s2)c1)c1cccc[n+]1[O-]. The number of benzene rings is 2. The zero-order valence-corrected chi connectivity index (χ0v) is 13.9. The molecule has 6 heteroatoms. The first-order chi connectivity index (χ1) is 12.2. The van der Waals surface area contributed by atoms with Crippen molar-refractivity contribution in [2.75, 3.05) is 5.32 Å². The minimum absolute atomic E-state index is 0.0490. The maximum absolute atomic E-state index is 12.3. The Morgan fingerprint density at radius 1 is 1.04 bits per heavy atom. The van der Waals surface area contributed by atoms with Crippen LogP contribution in [0.15, 0.2) is 72.9 Å². The largest absolute Gasteiger partial charge is 0.618 e. The molecule has 0 aliphatic rings. The number of thiazole rings is 1. The lowest BCUT2D eigenvalue weighted by molar-refractivity contribution is -0.607. The average molecular weight is 347 g/mol. The Morgan fingerprint density at radius 2 is 1.88 bits per heavy atom. The molecule has 4 aromatic rings. The molecule has 0 bridgehead atoms. The lowest BCUT2D eigenvalue weighted by atomic mass is 10.2. The third-order valence-corrected chi connectivity index (χ3v) is 4.80. The first kappa shape index (κ1) is 15.3. The van der Waals surface area contributed by atoms with Gasteiger partial charge in [-0.3, -0.25) is 4.79 Å². The van der Waals surface area contributed by atoms with Crippen molar-refractivity contribution in [2.45, 2.75) is 0 Å². The first-order valence-electron chi connectivity index (χ1n) is 7.66. The highest BCUT2D eigenvalue weighted by Crippen LogP contribution is 2.31. The molecule has 0 aliphatic carbocycles. The Labute approximate surface area is 147 Å². The Balaban J connectivity index is 1.63. The van der Waals surface area contributed by atoms with E-state index in [9.17, 15) is 10.0 Å². The second kappa shape index (κ2) is 6.33. The molecule has 0 fully saturated rings. The second-order valence-electron chi connectivity index (χ2n) is 5.43. The number of fused-ring (bicyclic) bond motifs is 1. The normalized spacial score (nSPS) is 10.7. The molecule has 0 atom stereocenters. The highest BCUT2D eigenvalue weighted by Gasteiger charge is 2.15. The second-order valence-corrected chi connectivity index (χ2v) is 6.46. The number of carbonyl (C=O) groups is 1. The highest BCUT2D eigenvalue weighted by atomic mass is 32.1. The number of para-hydroxylation sites is 1. The summed E-state index contributed by atoms with van der Waals surface area (Å²) in [5, 5.41) is 15.3. The van der Waals surface area contributed by atoms with Gasteiger partial charge < -0.3 is 10.5 Å². The number of aromatic nitrogens is 2. The number of anilines is 1. The number of pyridine rings is 1. The van der Waals surface area contributed by atoms with Gasteiger partial charge in [0, 0.05) is 23.4 Å².